The van der Waals surface area contributed by atoms with Crippen LogP contribution >= 0.6 is 12.6 Å². The van der Waals surface area contributed by atoms with Gasteiger partial charge in [-0.2, -0.15) is 0 Å². The quantitative estimate of drug-likeness (QED) is 0.449. The first kappa shape index (κ1) is 16.8. The molecule has 6 nitrogen and oxygen atoms in total. The van der Waals surface area contributed by atoms with Crippen LogP contribution in [0.1, 0.15) is 0 Å². The molecule has 11 heavy (non-hydrogen) atoms. The number of rotatable bonds is 4. The maximum absolute atomic E-state index is 9.97. The van der Waals surface area contributed by atoms with Crippen LogP contribution < -0.4 is 12.3 Å². The molecule has 0 aliphatic heterocycles. The zero-order valence-electron chi connectivity index (χ0n) is 5.95. The average molecular weight is 184 g/mol. The molecule has 0 aliphatic rings. The second kappa shape index (κ2) is 9.37. The Morgan fingerprint density at radius 1 is 1.27 bits per heavy atom. The first-order valence-corrected chi connectivity index (χ1v) is 2.59. The Bertz CT molecular complexity index is 115. The van der Waals surface area contributed by atoms with Crippen LogP contribution in [0.5, 0.6) is 0 Å². The third-order valence-corrected chi connectivity index (χ3v) is 0.580. The SMILES string of the molecule is N.N.O=C(O)COCC(=O)S. The van der Waals surface area contributed by atoms with Gasteiger partial charge in [-0.3, -0.25) is 4.79 Å². The van der Waals surface area contributed by atoms with E-state index in [9.17, 15) is 9.59 Å². The number of aliphatic carboxylic acids is 1. The molecule has 0 spiro atoms. The monoisotopic (exact) mass is 184 g/mol. The third-order valence-electron chi connectivity index (χ3n) is 0.451. The van der Waals surface area contributed by atoms with Crippen LogP contribution in [0, 0.1) is 0 Å². The number of carbonyl (C=O) groups is 2. The van der Waals surface area contributed by atoms with E-state index in [-0.39, 0.29) is 18.9 Å². The molecule has 0 aliphatic carbocycles. The third kappa shape index (κ3) is 17.6. The van der Waals surface area contributed by atoms with E-state index in [1.165, 1.54) is 0 Å². The van der Waals surface area contributed by atoms with E-state index in [0.717, 1.165) is 0 Å². The van der Waals surface area contributed by atoms with Crippen molar-refractivity contribution in [3.8, 4) is 0 Å². The lowest BCUT2D eigenvalue weighted by Gasteiger charge is -1.93. The summed E-state index contributed by atoms with van der Waals surface area (Å²) < 4.78 is 4.33. The number of hydrogen-bond acceptors (Lipinski definition) is 5. The van der Waals surface area contributed by atoms with Crippen LogP contribution in [0.3, 0.4) is 0 Å². The molecule has 0 radical (unpaired) electrons. The molecule has 0 unspecified atom stereocenters. The number of ether oxygens (including phenoxy) is 1. The Labute approximate surface area is 69.5 Å². The molecule has 0 atom stereocenters. The second-order valence-corrected chi connectivity index (χ2v) is 1.78. The fraction of sp³-hybridized carbons (Fsp3) is 0.500. The van der Waals surface area contributed by atoms with Crippen molar-refractivity contribution in [1.29, 1.82) is 0 Å². The highest BCUT2D eigenvalue weighted by atomic mass is 32.1. The molecule has 0 amide bonds. The molecule has 0 saturated carbocycles. The summed E-state index contributed by atoms with van der Waals surface area (Å²) in [6, 6.07) is 0. The summed E-state index contributed by atoms with van der Waals surface area (Å²) in [6.07, 6.45) is 0. The van der Waals surface area contributed by atoms with Crippen molar-refractivity contribution >= 4 is 23.7 Å². The summed E-state index contributed by atoms with van der Waals surface area (Å²) in [4.78, 5) is 19.7. The van der Waals surface area contributed by atoms with Crippen LogP contribution in [0.25, 0.3) is 0 Å². The van der Waals surface area contributed by atoms with E-state index in [1.54, 1.807) is 0 Å². The highest BCUT2D eigenvalue weighted by molar-refractivity contribution is 7.96. The molecule has 7 N–H and O–H groups in total. The number of carbonyl (C=O) groups excluding carboxylic acids is 1. The maximum Gasteiger partial charge on any atom is 0.329 e. The lowest BCUT2D eigenvalue weighted by Crippen LogP contribution is -2.10. The Morgan fingerprint density at radius 3 is 2.00 bits per heavy atom. The minimum absolute atomic E-state index is 0. The zero-order valence-corrected chi connectivity index (χ0v) is 6.84. The van der Waals surface area contributed by atoms with Crippen LogP contribution in [0.4, 0.5) is 0 Å². The fourth-order valence-corrected chi connectivity index (χ4v) is 0.317. The topological polar surface area (TPSA) is 134 Å². The van der Waals surface area contributed by atoms with Crippen molar-refractivity contribution in [1.82, 2.24) is 12.3 Å². The van der Waals surface area contributed by atoms with E-state index in [2.05, 4.69) is 17.4 Å². The van der Waals surface area contributed by atoms with Crippen molar-refractivity contribution in [2.45, 2.75) is 0 Å². The standard InChI is InChI=1S/C4H6O4S.2H3N/c5-3(6)1-8-2-4(7)9;;/h1-2H2,(H,5,6)(H,7,9);2*1H3. The highest BCUT2D eigenvalue weighted by Crippen LogP contribution is 1.80. The van der Waals surface area contributed by atoms with E-state index in [1.807, 2.05) is 0 Å². The lowest BCUT2D eigenvalue weighted by molar-refractivity contribution is -0.142. The first-order valence-electron chi connectivity index (χ1n) is 2.14. The number of carboxylic acids is 1. The van der Waals surface area contributed by atoms with Crippen molar-refractivity contribution in [3.05, 3.63) is 0 Å². The summed E-state index contributed by atoms with van der Waals surface area (Å²) in [6.45, 7) is -0.707. The molecule has 0 saturated heterocycles. The van der Waals surface area contributed by atoms with Gasteiger partial charge in [-0.05, 0) is 0 Å². The molecule has 0 aromatic rings. The van der Waals surface area contributed by atoms with E-state index in [0.29, 0.717) is 0 Å². The number of carboxylic acid groups (broad SMARTS) is 1. The molecule has 0 fully saturated rings. The van der Waals surface area contributed by atoms with Crippen LogP contribution in [0.2, 0.25) is 0 Å². The summed E-state index contributed by atoms with van der Waals surface area (Å²) >= 11 is 3.34. The summed E-state index contributed by atoms with van der Waals surface area (Å²) in [5, 5.41) is 7.49. The van der Waals surface area contributed by atoms with Crippen LogP contribution in [0.15, 0.2) is 0 Å². The van der Waals surface area contributed by atoms with Gasteiger partial charge in [0.1, 0.15) is 13.2 Å². The van der Waals surface area contributed by atoms with Gasteiger partial charge >= 0.3 is 5.97 Å². The molecule has 0 heterocycles. The second-order valence-electron chi connectivity index (χ2n) is 1.28. The lowest BCUT2D eigenvalue weighted by atomic mass is 10.7. The Balaban J connectivity index is -0.000000320. The summed E-state index contributed by atoms with van der Waals surface area (Å²) in [5.41, 5.74) is 0. The maximum atomic E-state index is 9.97. The highest BCUT2D eigenvalue weighted by Gasteiger charge is 1.97. The number of thiol groups is 1. The first-order chi connectivity index (χ1) is 4.13. The van der Waals surface area contributed by atoms with Crippen LogP contribution in [-0.4, -0.2) is 29.4 Å². The normalized spacial score (nSPS) is 7.36. The van der Waals surface area contributed by atoms with Gasteiger partial charge in [0.25, 0.3) is 0 Å². The molecular formula is C4H12N2O4S. The zero-order chi connectivity index (χ0) is 7.28. The molecular weight excluding hydrogens is 172 g/mol. The van der Waals surface area contributed by atoms with Crippen molar-refractivity contribution in [3.63, 3.8) is 0 Å². The van der Waals surface area contributed by atoms with E-state index in [4.69, 9.17) is 5.11 Å². The molecule has 7 heteroatoms. The van der Waals surface area contributed by atoms with Gasteiger partial charge in [-0.25, -0.2) is 4.79 Å². The van der Waals surface area contributed by atoms with Gasteiger partial charge in [-0.15, -0.1) is 12.6 Å². The average Bonchev–Trinajstić information content (AvgIpc) is 1.63. The molecule has 0 bridgehead atoms. The Kier molecular flexibility index (Phi) is 14.3. The summed E-state index contributed by atoms with van der Waals surface area (Å²) in [7, 11) is 0. The van der Waals surface area contributed by atoms with E-state index < -0.39 is 17.7 Å². The predicted molar refractivity (Wildman–Crippen MR) is 42.5 cm³/mol. The fourth-order valence-electron chi connectivity index (χ4n) is 0.226. The Hall–Kier alpha value is -0.630. The van der Waals surface area contributed by atoms with Gasteiger partial charge in [0.15, 0.2) is 0 Å². The summed E-state index contributed by atoms with van der Waals surface area (Å²) in [5.74, 6) is -1.09. The van der Waals surface area contributed by atoms with Crippen molar-refractivity contribution in [2.24, 2.45) is 0 Å². The van der Waals surface area contributed by atoms with Gasteiger partial charge in [-0.1, -0.05) is 0 Å². The van der Waals surface area contributed by atoms with Crippen molar-refractivity contribution in [2.75, 3.05) is 13.2 Å². The largest absolute Gasteiger partial charge is 0.480 e. The minimum atomic E-state index is -1.09. The Morgan fingerprint density at radius 2 is 1.73 bits per heavy atom. The van der Waals surface area contributed by atoms with Crippen LogP contribution in [-0.2, 0) is 14.3 Å². The van der Waals surface area contributed by atoms with Crippen molar-refractivity contribution < 1.29 is 19.4 Å². The smallest absolute Gasteiger partial charge is 0.329 e. The predicted octanol–water partition coefficient (Wildman–Crippen LogP) is -0.132. The van der Waals surface area contributed by atoms with Gasteiger partial charge in [0.05, 0.1) is 0 Å². The number of hydrogen-bond donors (Lipinski definition) is 4. The van der Waals surface area contributed by atoms with Gasteiger partial charge in [0.2, 0.25) is 5.12 Å². The molecule has 0 aromatic heterocycles. The minimum Gasteiger partial charge on any atom is -0.480 e. The van der Waals surface area contributed by atoms with Gasteiger partial charge < -0.3 is 22.1 Å². The molecule has 0 aromatic carbocycles. The molecule has 68 valence electrons. The van der Waals surface area contributed by atoms with E-state index >= 15 is 0 Å². The van der Waals surface area contributed by atoms with Gasteiger partial charge in [0, 0.05) is 0 Å². The molecule has 0 rings (SSSR count).